The largest absolute Gasteiger partial charge is 0.504 e. The lowest BCUT2D eigenvalue weighted by Gasteiger charge is -2.25. The first kappa shape index (κ1) is 25.3. The average molecular weight is 519 g/mol. The van der Waals surface area contributed by atoms with Gasteiger partial charge in [-0.25, -0.2) is 0 Å². The molecule has 4 aromatic rings. The molecule has 0 spiro atoms. The number of aromatic hydroxyl groups is 2. The van der Waals surface area contributed by atoms with Crippen molar-refractivity contribution < 1.29 is 28.9 Å². The lowest BCUT2D eigenvalue weighted by molar-refractivity contribution is -0.122. The first-order valence-electron chi connectivity index (χ1n) is 12.5. The van der Waals surface area contributed by atoms with Crippen molar-refractivity contribution in [3.63, 3.8) is 0 Å². The number of amides is 1. The van der Waals surface area contributed by atoms with Gasteiger partial charge in [-0.1, -0.05) is 6.07 Å². The Bertz CT molecular complexity index is 1570. The minimum absolute atomic E-state index is 0.0140. The van der Waals surface area contributed by atoms with Crippen molar-refractivity contribution >= 4 is 16.8 Å². The van der Waals surface area contributed by atoms with Crippen LogP contribution in [0.15, 0.2) is 51.7 Å². The lowest BCUT2D eigenvalue weighted by atomic mass is 9.89. The fourth-order valence-electron chi connectivity index (χ4n) is 5.29. The minimum atomic E-state index is -0.799. The number of ether oxygens (including phenoxy) is 2. The SMILES string of the molecule is COc1ccc2[nH]c3c(c2c1)CCC[C@@H]3NC(=O)C[C@H](c1ccc(O)c(OC)c1)c1oc(C)cc(=O)c1O. The zero-order chi connectivity index (χ0) is 27.0. The average Bonchev–Trinajstić information content (AvgIpc) is 3.29. The van der Waals surface area contributed by atoms with Crippen molar-refractivity contribution in [3.8, 4) is 23.0 Å². The molecule has 0 unspecified atom stereocenters. The third-order valence-electron chi connectivity index (χ3n) is 7.13. The molecular weight excluding hydrogens is 488 g/mol. The van der Waals surface area contributed by atoms with E-state index in [9.17, 15) is 19.8 Å². The van der Waals surface area contributed by atoms with Gasteiger partial charge in [0.2, 0.25) is 17.1 Å². The first-order valence-corrected chi connectivity index (χ1v) is 12.5. The van der Waals surface area contributed by atoms with E-state index in [0.29, 0.717) is 11.3 Å². The molecule has 9 nitrogen and oxygen atoms in total. The molecule has 5 rings (SSSR count). The highest BCUT2D eigenvalue weighted by atomic mass is 16.5. The summed E-state index contributed by atoms with van der Waals surface area (Å²) in [6.07, 6.45) is 2.47. The number of carbonyl (C=O) groups is 1. The lowest BCUT2D eigenvalue weighted by Crippen LogP contribution is -2.32. The number of rotatable bonds is 7. The van der Waals surface area contributed by atoms with E-state index in [1.165, 1.54) is 19.2 Å². The zero-order valence-electron chi connectivity index (χ0n) is 21.5. The molecule has 0 fully saturated rings. The normalized spacial score (nSPS) is 15.6. The second-order valence-electron chi connectivity index (χ2n) is 9.56. The van der Waals surface area contributed by atoms with Gasteiger partial charge in [0.15, 0.2) is 17.3 Å². The molecule has 2 aromatic carbocycles. The molecular formula is C29H30N2O7. The number of hydrogen-bond donors (Lipinski definition) is 4. The number of methoxy groups -OCH3 is 2. The third-order valence-corrected chi connectivity index (χ3v) is 7.13. The number of aromatic amines is 1. The third kappa shape index (κ3) is 4.67. The number of hydrogen-bond acceptors (Lipinski definition) is 7. The second-order valence-corrected chi connectivity index (χ2v) is 9.56. The quantitative estimate of drug-likeness (QED) is 0.281. The number of benzene rings is 2. The van der Waals surface area contributed by atoms with Crippen LogP contribution in [-0.4, -0.2) is 35.3 Å². The van der Waals surface area contributed by atoms with Gasteiger partial charge in [0.05, 0.1) is 26.2 Å². The maximum absolute atomic E-state index is 13.5. The van der Waals surface area contributed by atoms with Gasteiger partial charge in [0.25, 0.3) is 0 Å². The molecule has 0 radical (unpaired) electrons. The monoisotopic (exact) mass is 518 g/mol. The fraction of sp³-hybridized carbons (Fsp3) is 0.310. The predicted molar refractivity (Wildman–Crippen MR) is 141 cm³/mol. The van der Waals surface area contributed by atoms with Crippen molar-refractivity contribution in [1.82, 2.24) is 10.3 Å². The molecule has 0 bridgehead atoms. The van der Waals surface area contributed by atoms with E-state index in [0.717, 1.165) is 47.2 Å². The summed E-state index contributed by atoms with van der Waals surface area (Å²) in [5.41, 5.74) is 3.07. The van der Waals surface area contributed by atoms with E-state index in [4.69, 9.17) is 13.9 Å². The van der Waals surface area contributed by atoms with Gasteiger partial charge >= 0.3 is 0 Å². The van der Waals surface area contributed by atoms with Crippen LogP contribution in [0.3, 0.4) is 0 Å². The van der Waals surface area contributed by atoms with Gasteiger partial charge in [-0.2, -0.15) is 0 Å². The smallest absolute Gasteiger partial charge is 0.227 e. The number of aromatic nitrogens is 1. The van der Waals surface area contributed by atoms with Gasteiger partial charge in [-0.15, -0.1) is 0 Å². The summed E-state index contributed by atoms with van der Waals surface area (Å²) in [6.45, 7) is 1.60. The highest BCUT2D eigenvalue weighted by Crippen LogP contribution is 2.39. The van der Waals surface area contributed by atoms with E-state index in [2.05, 4.69) is 10.3 Å². The number of phenols is 1. The number of fused-ring (bicyclic) bond motifs is 3. The van der Waals surface area contributed by atoms with Crippen LogP contribution in [0.2, 0.25) is 0 Å². The topological polar surface area (TPSA) is 134 Å². The minimum Gasteiger partial charge on any atom is -0.504 e. The highest BCUT2D eigenvalue weighted by molar-refractivity contribution is 5.87. The van der Waals surface area contributed by atoms with E-state index in [1.54, 1.807) is 26.2 Å². The molecule has 2 atom stereocenters. The maximum Gasteiger partial charge on any atom is 0.227 e. The van der Waals surface area contributed by atoms with E-state index in [-0.39, 0.29) is 35.6 Å². The van der Waals surface area contributed by atoms with Gasteiger partial charge in [0, 0.05) is 29.1 Å². The summed E-state index contributed by atoms with van der Waals surface area (Å²) in [5.74, 6) is -0.425. The van der Waals surface area contributed by atoms with E-state index in [1.807, 2.05) is 18.2 Å². The summed E-state index contributed by atoms with van der Waals surface area (Å²) in [7, 11) is 3.05. The number of aryl methyl sites for hydroxylation is 2. The van der Waals surface area contributed by atoms with Crippen molar-refractivity contribution in [3.05, 3.63) is 81.0 Å². The van der Waals surface area contributed by atoms with Crippen molar-refractivity contribution in [1.29, 1.82) is 0 Å². The molecule has 38 heavy (non-hydrogen) atoms. The zero-order valence-corrected chi connectivity index (χ0v) is 21.5. The Balaban J connectivity index is 1.47. The Morgan fingerprint density at radius 3 is 2.74 bits per heavy atom. The van der Waals surface area contributed by atoms with Crippen LogP contribution >= 0.6 is 0 Å². The summed E-state index contributed by atoms with van der Waals surface area (Å²) in [6, 6.07) is 11.5. The van der Waals surface area contributed by atoms with Crippen LogP contribution in [0.1, 0.15) is 59.6 Å². The van der Waals surface area contributed by atoms with Crippen LogP contribution < -0.4 is 20.2 Å². The van der Waals surface area contributed by atoms with Gasteiger partial charge in [-0.3, -0.25) is 9.59 Å². The molecule has 1 aliphatic carbocycles. The number of phenolic OH excluding ortho intramolecular Hbond substituents is 1. The van der Waals surface area contributed by atoms with Crippen molar-refractivity contribution in [2.45, 2.75) is 44.6 Å². The van der Waals surface area contributed by atoms with Crippen LogP contribution in [0.25, 0.3) is 10.9 Å². The summed E-state index contributed by atoms with van der Waals surface area (Å²) >= 11 is 0. The molecule has 1 amide bonds. The van der Waals surface area contributed by atoms with Crippen LogP contribution in [0.4, 0.5) is 0 Å². The molecule has 1 aliphatic rings. The molecule has 2 heterocycles. The fourth-order valence-corrected chi connectivity index (χ4v) is 5.29. The molecule has 0 saturated heterocycles. The molecule has 9 heteroatoms. The van der Waals surface area contributed by atoms with Crippen LogP contribution in [0, 0.1) is 6.92 Å². The molecule has 198 valence electrons. The van der Waals surface area contributed by atoms with E-state index >= 15 is 0 Å². The Hall–Kier alpha value is -4.40. The highest BCUT2D eigenvalue weighted by Gasteiger charge is 2.30. The Morgan fingerprint density at radius 2 is 1.97 bits per heavy atom. The van der Waals surface area contributed by atoms with Crippen LogP contribution in [-0.2, 0) is 11.2 Å². The maximum atomic E-state index is 13.5. The summed E-state index contributed by atoms with van der Waals surface area (Å²) in [5, 5.41) is 24.9. The summed E-state index contributed by atoms with van der Waals surface area (Å²) < 4.78 is 16.4. The standard InChI is InChI=1S/C29H30N2O7/c1-15-11-24(33)28(35)29(38-15)19(16-7-10-23(32)25(12-16)37-3)14-26(34)30-22-6-4-5-18-20-13-17(36-2)8-9-21(20)31-27(18)22/h7-13,19,22,31-32,35H,4-6,14H2,1-3H3,(H,30,34)/t19-,22+/m1/s1. The molecule has 0 saturated carbocycles. The second kappa shape index (κ2) is 10.2. The first-order chi connectivity index (χ1) is 18.3. The molecule has 0 aliphatic heterocycles. The Morgan fingerprint density at radius 1 is 1.16 bits per heavy atom. The number of nitrogens with one attached hydrogen (secondary N) is 2. The van der Waals surface area contributed by atoms with Crippen LogP contribution in [0.5, 0.6) is 23.0 Å². The number of H-pyrrole nitrogens is 1. The Kier molecular flexibility index (Phi) is 6.75. The van der Waals surface area contributed by atoms with Gasteiger partial charge < -0.3 is 34.4 Å². The predicted octanol–water partition coefficient (Wildman–Crippen LogP) is 4.57. The van der Waals surface area contributed by atoms with E-state index < -0.39 is 17.1 Å². The molecule has 2 aromatic heterocycles. The Labute approximate surface area is 219 Å². The molecule has 4 N–H and O–H groups in total. The van der Waals surface area contributed by atoms with Gasteiger partial charge in [0.1, 0.15) is 11.5 Å². The van der Waals surface area contributed by atoms with Crippen molar-refractivity contribution in [2.24, 2.45) is 0 Å². The summed E-state index contributed by atoms with van der Waals surface area (Å²) in [4.78, 5) is 29.3. The van der Waals surface area contributed by atoms with Crippen molar-refractivity contribution in [2.75, 3.05) is 14.2 Å². The van der Waals surface area contributed by atoms with Gasteiger partial charge in [-0.05, 0) is 67.6 Å². The number of carbonyl (C=O) groups excluding carboxylic acids is 1.